The molecule has 0 radical (unpaired) electrons. The third-order valence-corrected chi connectivity index (χ3v) is 3.69. The molecule has 1 aromatic rings. The second-order valence-corrected chi connectivity index (χ2v) is 5.83. The second kappa shape index (κ2) is 7.61. The zero-order chi connectivity index (χ0) is 14.4. The molecule has 0 aromatic heterocycles. The smallest absolute Gasteiger partial charge is 0.123 e. The van der Waals surface area contributed by atoms with E-state index in [-0.39, 0.29) is 5.82 Å². The Hall–Kier alpha value is -0.930. The zero-order valence-corrected chi connectivity index (χ0v) is 12.8. The second-order valence-electron chi connectivity index (χ2n) is 5.83. The number of rotatable bonds is 7. The number of nitrogens with one attached hydrogen (secondary N) is 1. The van der Waals surface area contributed by atoms with E-state index in [4.69, 9.17) is 0 Å². The number of hydrogen-bond acceptors (Lipinski definition) is 2. The Morgan fingerprint density at radius 1 is 1.21 bits per heavy atom. The molecular weight excluding hydrogens is 239 g/mol. The van der Waals surface area contributed by atoms with Crippen molar-refractivity contribution in [1.29, 1.82) is 0 Å². The summed E-state index contributed by atoms with van der Waals surface area (Å²) >= 11 is 0. The standard InChI is InChI=1S/C16H27FN2/c1-12(2)18-10-13(3)14(4)19(5)11-15-7-6-8-16(17)9-15/h6-9,12-14,18H,10-11H2,1-5H3. The van der Waals surface area contributed by atoms with Crippen LogP contribution in [0.5, 0.6) is 0 Å². The van der Waals surface area contributed by atoms with Crippen LogP contribution in [0.25, 0.3) is 0 Å². The van der Waals surface area contributed by atoms with Gasteiger partial charge >= 0.3 is 0 Å². The minimum absolute atomic E-state index is 0.159. The maximum Gasteiger partial charge on any atom is 0.123 e. The lowest BCUT2D eigenvalue weighted by Crippen LogP contribution is -2.40. The molecule has 0 aliphatic carbocycles. The lowest BCUT2D eigenvalue weighted by molar-refractivity contribution is 0.187. The Kier molecular flexibility index (Phi) is 6.46. The van der Waals surface area contributed by atoms with Gasteiger partial charge in [0.1, 0.15) is 5.82 Å². The average molecular weight is 266 g/mol. The maximum absolute atomic E-state index is 13.2. The fourth-order valence-electron chi connectivity index (χ4n) is 2.09. The van der Waals surface area contributed by atoms with E-state index in [1.54, 1.807) is 12.1 Å². The Labute approximate surface area is 117 Å². The minimum Gasteiger partial charge on any atom is -0.314 e. The largest absolute Gasteiger partial charge is 0.314 e. The lowest BCUT2D eigenvalue weighted by atomic mass is 10.0. The molecule has 0 heterocycles. The quantitative estimate of drug-likeness (QED) is 0.815. The molecule has 0 saturated carbocycles. The average Bonchev–Trinajstić information content (AvgIpc) is 2.34. The van der Waals surface area contributed by atoms with Crippen LogP contribution in [-0.2, 0) is 6.54 Å². The van der Waals surface area contributed by atoms with Crippen molar-refractivity contribution in [3.05, 3.63) is 35.6 Å². The van der Waals surface area contributed by atoms with Gasteiger partial charge in [0.15, 0.2) is 0 Å². The van der Waals surface area contributed by atoms with Crippen molar-refractivity contribution < 1.29 is 4.39 Å². The van der Waals surface area contributed by atoms with Crippen LogP contribution in [0.3, 0.4) is 0 Å². The highest BCUT2D eigenvalue weighted by atomic mass is 19.1. The monoisotopic (exact) mass is 266 g/mol. The molecule has 0 aliphatic heterocycles. The molecule has 2 nitrogen and oxygen atoms in total. The van der Waals surface area contributed by atoms with Crippen molar-refractivity contribution in [2.75, 3.05) is 13.6 Å². The summed E-state index contributed by atoms with van der Waals surface area (Å²) < 4.78 is 13.2. The summed E-state index contributed by atoms with van der Waals surface area (Å²) in [6.45, 7) is 10.6. The van der Waals surface area contributed by atoms with Crippen LogP contribution >= 0.6 is 0 Å². The third-order valence-electron chi connectivity index (χ3n) is 3.69. The Bertz CT molecular complexity index is 379. The molecule has 19 heavy (non-hydrogen) atoms. The molecule has 3 heteroatoms. The van der Waals surface area contributed by atoms with Crippen LogP contribution in [0.15, 0.2) is 24.3 Å². The van der Waals surface area contributed by atoms with Gasteiger partial charge in [-0.15, -0.1) is 0 Å². The minimum atomic E-state index is -0.159. The number of halogens is 1. The molecule has 0 amide bonds. The van der Waals surface area contributed by atoms with E-state index in [0.717, 1.165) is 18.7 Å². The summed E-state index contributed by atoms with van der Waals surface area (Å²) in [4.78, 5) is 2.28. The molecule has 0 aliphatic rings. The molecule has 0 bridgehead atoms. The van der Waals surface area contributed by atoms with Gasteiger partial charge in [-0.2, -0.15) is 0 Å². The van der Waals surface area contributed by atoms with Crippen molar-refractivity contribution in [1.82, 2.24) is 10.2 Å². The first-order chi connectivity index (χ1) is 8.90. The van der Waals surface area contributed by atoms with Crippen LogP contribution in [0, 0.1) is 11.7 Å². The predicted octanol–water partition coefficient (Wildman–Crippen LogP) is 3.28. The van der Waals surface area contributed by atoms with Gasteiger partial charge in [-0.05, 0) is 44.1 Å². The Balaban J connectivity index is 2.50. The van der Waals surface area contributed by atoms with E-state index in [0.29, 0.717) is 18.0 Å². The van der Waals surface area contributed by atoms with E-state index in [9.17, 15) is 4.39 Å². The molecule has 1 aromatic carbocycles. The van der Waals surface area contributed by atoms with E-state index >= 15 is 0 Å². The van der Waals surface area contributed by atoms with Gasteiger partial charge in [0.25, 0.3) is 0 Å². The van der Waals surface area contributed by atoms with E-state index in [1.807, 2.05) is 6.07 Å². The molecule has 1 N–H and O–H groups in total. The summed E-state index contributed by atoms with van der Waals surface area (Å²) in [6, 6.07) is 7.82. The van der Waals surface area contributed by atoms with Gasteiger partial charge in [0.05, 0.1) is 0 Å². The van der Waals surface area contributed by atoms with Crippen LogP contribution in [-0.4, -0.2) is 30.6 Å². The maximum atomic E-state index is 13.2. The van der Waals surface area contributed by atoms with Crippen molar-refractivity contribution in [3.63, 3.8) is 0 Å². The molecule has 2 atom stereocenters. The van der Waals surface area contributed by atoms with Crippen LogP contribution < -0.4 is 5.32 Å². The lowest BCUT2D eigenvalue weighted by Gasteiger charge is -2.30. The van der Waals surface area contributed by atoms with Crippen LogP contribution in [0.1, 0.15) is 33.3 Å². The first-order valence-corrected chi connectivity index (χ1v) is 7.08. The highest BCUT2D eigenvalue weighted by Gasteiger charge is 2.17. The van der Waals surface area contributed by atoms with Gasteiger partial charge in [-0.25, -0.2) is 4.39 Å². The van der Waals surface area contributed by atoms with Gasteiger partial charge in [-0.3, -0.25) is 4.90 Å². The van der Waals surface area contributed by atoms with Crippen molar-refractivity contribution in [2.45, 2.75) is 46.3 Å². The fourth-order valence-corrected chi connectivity index (χ4v) is 2.09. The number of hydrogen-bond donors (Lipinski definition) is 1. The van der Waals surface area contributed by atoms with Gasteiger partial charge in [-0.1, -0.05) is 32.9 Å². The Morgan fingerprint density at radius 3 is 2.47 bits per heavy atom. The van der Waals surface area contributed by atoms with E-state index < -0.39 is 0 Å². The fraction of sp³-hybridized carbons (Fsp3) is 0.625. The summed E-state index contributed by atoms with van der Waals surface area (Å²) in [7, 11) is 2.10. The SMILES string of the molecule is CC(C)NCC(C)C(C)N(C)Cc1cccc(F)c1. The zero-order valence-electron chi connectivity index (χ0n) is 12.8. The third kappa shape index (κ3) is 5.70. The van der Waals surface area contributed by atoms with Crippen LogP contribution in [0.2, 0.25) is 0 Å². The highest BCUT2D eigenvalue weighted by molar-refractivity contribution is 5.16. The molecule has 2 unspecified atom stereocenters. The van der Waals surface area contributed by atoms with Crippen molar-refractivity contribution in [2.24, 2.45) is 5.92 Å². The van der Waals surface area contributed by atoms with Crippen LogP contribution in [0.4, 0.5) is 4.39 Å². The van der Waals surface area contributed by atoms with Crippen molar-refractivity contribution >= 4 is 0 Å². The number of benzene rings is 1. The van der Waals surface area contributed by atoms with Gasteiger partial charge in [0, 0.05) is 18.6 Å². The molecule has 1 rings (SSSR count). The van der Waals surface area contributed by atoms with E-state index in [2.05, 4.69) is 45.0 Å². The topological polar surface area (TPSA) is 15.3 Å². The molecular formula is C16H27FN2. The summed E-state index contributed by atoms with van der Waals surface area (Å²) in [5.74, 6) is 0.397. The predicted molar refractivity (Wildman–Crippen MR) is 79.6 cm³/mol. The van der Waals surface area contributed by atoms with Gasteiger partial charge < -0.3 is 5.32 Å². The van der Waals surface area contributed by atoms with Gasteiger partial charge in [0.2, 0.25) is 0 Å². The summed E-state index contributed by atoms with van der Waals surface area (Å²) in [5, 5.41) is 3.47. The Morgan fingerprint density at radius 2 is 1.89 bits per heavy atom. The van der Waals surface area contributed by atoms with E-state index in [1.165, 1.54) is 6.07 Å². The number of nitrogens with zero attached hydrogens (tertiary/aromatic N) is 1. The molecule has 0 fully saturated rings. The molecule has 108 valence electrons. The van der Waals surface area contributed by atoms with Crippen molar-refractivity contribution in [3.8, 4) is 0 Å². The normalized spacial score (nSPS) is 14.9. The summed E-state index contributed by atoms with van der Waals surface area (Å²) in [6.07, 6.45) is 0. The first kappa shape index (κ1) is 16.1. The first-order valence-electron chi connectivity index (χ1n) is 7.08. The summed E-state index contributed by atoms with van der Waals surface area (Å²) in [5.41, 5.74) is 1.03. The molecule has 0 saturated heterocycles. The molecule has 0 spiro atoms. The highest BCUT2D eigenvalue weighted by Crippen LogP contribution is 2.13.